The lowest BCUT2D eigenvalue weighted by Gasteiger charge is -2.15. The standard InChI is InChI=1S/C14H14N4O/c15-17-13-6-5-10(7-16-13)14(19)18-8-11-3-1-2-4-12(11)9-18/h1-7H,8-9,15H2,(H,16,17). The molecule has 96 valence electrons. The molecule has 0 atom stereocenters. The first-order valence-electron chi connectivity index (χ1n) is 6.06. The molecule has 3 N–H and O–H groups in total. The van der Waals surface area contributed by atoms with Crippen molar-refractivity contribution in [2.24, 2.45) is 5.84 Å². The summed E-state index contributed by atoms with van der Waals surface area (Å²) >= 11 is 0. The quantitative estimate of drug-likeness (QED) is 0.629. The van der Waals surface area contributed by atoms with Gasteiger partial charge in [0.15, 0.2) is 0 Å². The van der Waals surface area contributed by atoms with Crippen molar-refractivity contribution in [1.82, 2.24) is 9.88 Å². The Kier molecular flexibility index (Phi) is 2.89. The van der Waals surface area contributed by atoms with Crippen LogP contribution >= 0.6 is 0 Å². The topological polar surface area (TPSA) is 71.2 Å². The van der Waals surface area contributed by atoms with Crippen LogP contribution in [-0.2, 0) is 13.1 Å². The fourth-order valence-corrected chi connectivity index (χ4v) is 2.27. The molecular weight excluding hydrogens is 240 g/mol. The van der Waals surface area contributed by atoms with Crippen LogP contribution < -0.4 is 11.3 Å². The zero-order chi connectivity index (χ0) is 13.2. The summed E-state index contributed by atoms with van der Waals surface area (Å²) in [5.41, 5.74) is 5.44. The molecule has 0 bridgehead atoms. The summed E-state index contributed by atoms with van der Waals surface area (Å²) in [4.78, 5) is 18.2. The van der Waals surface area contributed by atoms with Crippen molar-refractivity contribution in [3.05, 3.63) is 59.3 Å². The summed E-state index contributed by atoms with van der Waals surface area (Å²) in [6, 6.07) is 11.5. The maximum Gasteiger partial charge on any atom is 0.256 e. The maximum atomic E-state index is 12.3. The fraction of sp³-hybridized carbons (Fsp3) is 0.143. The normalized spacial score (nSPS) is 13.2. The molecule has 0 saturated carbocycles. The average molecular weight is 254 g/mol. The molecule has 0 spiro atoms. The smallest absolute Gasteiger partial charge is 0.256 e. The van der Waals surface area contributed by atoms with Crippen molar-refractivity contribution >= 4 is 11.7 Å². The Labute approximate surface area is 111 Å². The second-order valence-electron chi connectivity index (χ2n) is 4.51. The number of anilines is 1. The molecule has 1 aliphatic heterocycles. The zero-order valence-corrected chi connectivity index (χ0v) is 10.3. The molecule has 1 amide bonds. The van der Waals surface area contributed by atoms with Gasteiger partial charge in [-0.05, 0) is 23.3 Å². The number of nitrogens with one attached hydrogen (secondary N) is 1. The van der Waals surface area contributed by atoms with Gasteiger partial charge in [0.1, 0.15) is 5.82 Å². The summed E-state index contributed by atoms with van der Waals surface area (Å²) in [6.07, 6.45) is 1.54. The van der Waals surface area contributed by atoms with Gasteiger partial charge in [-0.3, -0.25) is 4.79 Å². The number of nitrogens with two attached hydrogens (primary N) is 1. The largest absolute Gasteiger partial charge is 0.330 e. The molecule has 5 nitrogen and oxygen atoms in total. The van der Waals surface area contributed by atoms with Crippen molar-refractivity contribution < 1.29 is 4.79 Å². The SMILES string of the molecule is NNc1ccc(C(=O)N2Cc3ccccc3C2)cn1. The Morgan fingerprint density at radius 2 is 1.84 bits per heavy atom. The number of fused-ring (bicyclic) bond motifs is 1. The molecule has 19 heavy (non-hydrogen) atoms. The molecule has 0 unspecified atom stereocenters. The molecule has 2 aromatic rings. The molecule has 0 saturated heterocycles. The Morgan fingerprint density at radius 3 is 2.37 bits per heavy atom. The van der Waals surface area contributed by atoms with Crippen LogP contribution in [0.3, 0.4) is 0 Å². The van der Waals surface area contributed by atoms with Crippen molar-refractivity contribution in [3.8, 4) is 0 Å². The number of benzene rings is 1. The van der Waals surface area contributed by atoms with E-state index in [0.29, 0.717) is 24.5 Å². The van der Waals surface area contributed by atoms with E-state index in [1.54, 1.807) is 18.3 Å². The molecular formula is C14H14N4O. The van der Waals surface area contributed by atoms with Gasteiger partial charge < -0.3 is 10.3 Å². The van der Waals surface area contributed by atoms with Crippen LogP contribution in [0.25, 0.3) is 0 Å². The lowest BCUT2D eigenvalue weighted by Crippen LogP contribution is -2.25. The third kappa shape index (κ3) is 2.15. The number of aromatic nitrogens is 1. The number of rotatable bonds is 2. The highest BCUT2D eigenvalue weighted by Gasteiger charge is 2.23. The van der Waals surface area contributed by atoms with Crippen LogP contribution in [0.4, 0.5) is 5.82 Å². The molecule has 1 aromatic carbocycles. The van der Waals surface area contributed by atoms with Crippen molar-refractivity contribution in [3.63, 3.8) is 0 Å². The van der Waals surface area contributed by atoms with E-state index in [0.717, 1.165) is 0 Å². The Bertz CT molecular complexity index is 584. The van der Waals surface area contributed by atoms with Crippen LogP contribution in [0.5, 0.6) is 0 Å². The Morgan fingerprint density at radius 1 is 1.16 bits per heavy atom. The van der Waals surface area contributed by atoms with Gasteiger partial charge in [0.2, 0.25) is 0 Å². The van der Waals surface area contributed by atoms with Crippen LogP contribution in [0, 0.1) is 0 Å². The first-order chi connectivity index (χ1) is 9.28. The van der Waals surface area contributed by atoms with Crippen molar-refractivity contribution in [1.29, 1.82) is 0 Å². The van der Waals surface area contributed by atoms with Gasteiger partial charge in [-0.15, -0.1) is 0 Å². The monoisotopic (exact) mass is 254 g/mol. The molecule has 0 radical (unpaired) electrons. The Hall–Kier alpha value is -2.40. The molecule has 5 heteroatoms. The summed E-state index contributed by atoms with van der Waals surface area (Å²) in [7, 11) is 0. The van der Waals surface area contributed by atoms with Gasteiger partial charge in [0.05, 0.1) is 5.56 Å². The zero-order valence-electron chi connectivity index (χ0n) is 10.3. The molecule has 1 aliphatic rings. The number of hydrogen-bond acceptors (Lipinski definition) is 4. The third-order valence-corrected chi connectivity index (χ3v) is 3.29. The summed E-state index contributed by atoms with van der Waals surface area (Å²) in [5, 5.41) is 0. The van der Waals surface area contributed by atoms with Gasteiger partial charge in [0, 0.05) is 19.3 Å². The third-order valence-electron chi connectivity index (χ3n) is 3.29. The van der Waals surface area contributed by atoms with Crippen LogP contribution in [-0.4, -0.2) is 15.8 Å². The average Bonchev–Trinajstić information content (AvgIpc) is 2.90. The maximum absolute atomic E-state index is 12.3. The van der Waals surface area contributed by atoms with Crippen LogP contribution in [0.15, 0.2) is 42.6 Å². The van der Waals surface area contributed by atoms with E-state index in [4.69, 9.17) is 5.84 Å². The predicted octanol–water partition coefficient (Wildman–Crippen LogP) is 1.52. The Balaban J connectivity index is 1.79. The minimum atomic E-state index is -0.00716. The van der Waals surface area contributed by atoms with Gasteiger partial charge >= 0.3 is 0 Å². The number of carbonyl (C=O) groups is 1. The number of amides is 1. The van der Waals surface area contributed by atoms with Gasteiger partial charge in [-0.2, -0.15) is 0 Å². The van der Waals surface area contributed by atoms with E-state index in [9.17, 15) is 4.79 Å². The number of pyridine rings is 1. The lowest BCUT2D eigenvalue weighted by molar-refractivity contribution is 0.0751. The molecule has 0 fully saturated rings. The number of hydrogen-bond donors (Lipinski definition) is 2. The first kappa shape index (κ1) is 11.7. The van der Waals surface area contributed by atoms with E-state index in [-0.39, 0.29) is 5.91 Å². The molecule has 1 aromatic heterocycles. The highest BCUT2D eigenvalue weighted by Crippen LogP contribution is 2.23. The van der Waals surface area contributed by atoms with Crippen molar-refractivity contribution in [2.75, 3.05) is 5.43 Å². The van der Waals surface area contributed by atoms with E-state index in [1.165, 1.54) is 11.1 Å². The second kappa shape index (κ2) is 4.70. The molecule has 0 aliphatic carbocycles. The summed E-state index contributed by atoms with van der Waals surface area (Å²) in [6.45, 7) is 1.32. The number of nitrogen functional groups attached to an aromatic ring is 1. The second-order valence-corrected chi connectivity index (χ2v) is 4.51. The molecule has 2 heterocycles. The highest BCUT2D eigenvalue weighted by atomic mass is 16.2. The predicted molar refractivity (Wildman–Crippen MR) is 72.1 cm³/mol. The summed E-state index contributed by atoms with van der Waals surface area (Å²) in [5.74, 6) is 5.78. The van der Waals surface area contributed by atoms with E-state index in [2.05, 4.69) is 22.5 Å². The number of hydrazine groups is 1. The van der Waals surface area contributed by atoms with E-state index >= 15 is 0 Å². The van der Waals surface area contributed by atoms with Gasteiger partial charge in [0.25, 0.3) is 5.91 Å². The van der Waals surface area contributed by atoms with Crippen LogP contribution in [0.1, 0.15) is 21.5 Å². The van der Waals surface area contributed by atoms with Crippen molar-refractivity contribution in [2.45, 2.75) is 13.1 Å². The van der Waals surface area contributed by atoms with Gasteiger partial charge in [-0.25, -0.2) is 10.8 Å². The van der Waals surface area contributed by atoms with Gasteiger partial charge in [-0.1, -0.05) is 24.3 Å². The number of nitrogens with zero attached hydrogens (tertiary/aromatic N) is 2. The fourth-order valence-electron chi connectivity index (χ4n) is 2.27. The minimum Gasteiger partial charge on any atom is -0.330 e. The first-order valence-corrected chi connectivity index (χ1v) is 6.06. The van der Waals surface area contributed by atoms with E-state index in [1.807, 2.05) is 17.0 Å². The highest BCUT2D eigenvalue weighted by molar-refractivity contribution is 5.94. The molecule has 3 rings (SSSR count). The van der Waals surface area contributed by atoms with Crippen LogP contribution in [0.2, 0.25) is 0 Å². The lowest BCUT2D eigenvalue weighted by atomic mass is 10.1. The van der Waals surface area contributed by atoms with E-state index < -0.39 is 0 Å². The summed E-state index contributed by atoms with van der Waals surface area (Å²) < 4.78 is 0. The number of carbonyl (C=O) groups excluding carboxylic acids is 1. The minimum absolute atomic E-state index is 0.00716.